The lowest BCUT2D eigenvalue weighted by atomic mass is 10.2. The molecule has 1 N–H and O–H groups in total. The van der Waals surface area contributed by atoms with E-state index in [1.807, 2.05) is 18.2 Å². The number of nitriles is 1. The van der Waals surface area contributed by atoms with Crippen LogP contribution in [0, 0.1) is 21.4 Å². The van der Waals surface area contributed by atoms with Crippen molar-refractivity contribution in [1.29, 1.82) is 5.26 Å². The number of nitrogens with one attached hydrogen (secondary N) is 1. The minimum atomic E-state index is -0.516. The van der Waals surface area contributed by atoms with Gasteiger partial charge in [0.1, 0.15) is 5.69 Å². The molecule has 0 amide bonds. The van der Waals surface area contributed by atoms with Crippen LogP contribution in [0.3, 0.4) is 0 Å². The molecule has 0 atom stereocenters. The summed E-state index contributed by atoms with van der Waals surface area (Å²) in [6, 6.07) is 9.84. The van der Waals surface area contributed by atoms with Gasteiger partial charge >= 0.3 is 0 Å². The average molecular weight is 333 g/mol. The van der Waals surface area contributed by atoms with Crippen molar-refractivity contribution in [2.24, 2.45) is 0 Å². The van der Waals surface area contributed by atoms with Crippen LogP contribution in [0.1, 0.15) is 11.3 Å². The molecular weight excluding hydrogens is 324 g/mol. The fourth-order valence-corrected chi connectivity index (χ4v) is 1.83. The molecular formula is C13H9BrN4O2. The number of nitro benzene ring substituents is 1. The molecule has 0 aliphatic carbocycles. The molecule has 2 aromatic rings. The van der Waals surface area contributed by atoms with E-state index in [9.17, 15) is 10.1 Å². The predicted molar refractivity (Wildman–Crippen MR) is 77.1 cm³/mol. The van der Waals surface area contributed by atoms with Crippen LogP contribution in [0.25, 0.3) is 0 Å². The molecule has 0 bridgehead atoms. The van der Waals surface area contributed by atoms with Gasteiger partial charge in [-0.1, -0.05) is 0 Å². The lowest BCUT2D eigenvalue weighted by molar-refractivity contribution is -0.384. The van der Waals surface area contributed by atoms with Crippen molar-refractivity contribution in [1.82, 2.24) is 4.98 Å². The maximum atomic E-state index is 11.0. The molecule has 100 valence electrons. The number of nitro groups is 1. The van der Waals surface area contributed by atoms with Crippen molar-refractivity contribution >= 4 is 27.3 Å². The van der Waals surface area contributed by atoms with Crippen molar-refractivity contribution in [2.45, 2.75) is 6.54 Å². The summed E-state index contributed by atoms with van der Waals surface area (Å²) in [6.07, 6.45) is 1.66. The van der Waals surface area contributed by atoms with E-state index >= 15 is 0 Å². The number of nitrogens with zero attached hydrogens (tertiary/aromatic N) is 3. The maximum Gasteiger partial charge on any atom is 0.293 e. The first-order valence-electron chi connectivity index (χ1n) is 5.63. The van der Waals surface area contributed by atoms with Crippen LogP contribution in [0.15, 0.2) is 41.0 Å². The van der Waals surface area contributed by atoms with Crippen molar-refractivity contribution < 1.29 is 4.92 Å². The third-order valence-electron chi connectivity index (χ3n) is 2.57. The second kappa shape index (κ2) is 6.12. The van der Waals surface area contributed by atoms with Gasteiger partial charge in [0.15, 0.2) is 0 Å². The summed E-state index contributed by atoms with van der Waals surface area (Å²) in [4.78, 5) is 14.6. The summed E-state index contributed by atoms with van der Waals surface area (Å²) >= 11 is 3.29. The number of benzene rings is 1. The van der Waals surface area contributed by atoms with E-state index in [4.69, 9.17) is 5.26 Å². The highest BCUT2D eigenvalue weighted by atomic mass is 79.9. The summed E-state index contributed by atoms with van der Waals surface area (Å²) in [5.74, 6) is 0. The van der Waals surface area contributed by atoms with E-state index in [0.717, 1.165) is 10.2 Å². The first-order chi connectivity index (χ1) is 9.60. The van der Waals surface area contributed by atoms with Crippen molar-refractivity contribution in [2.75, 3.05) is 5.32 Å². The standard InChI is InChI=1S/C13H9BrN4O2/c14-10-2-3-11(16-7-10)8-17-12-4-1-9(6-15)5-13(12)18(19)20/h1-5,7,17H,8H2. The highest BCUT2D eigenvalue weighted by Gasteiger charge is 2.14. The number of rotatable bonds is 4. The van der Waals surface area contributed by atoms with Crippen LogP contribution in [-0.2, 0) is 6.54 Å². The number of halogens is 1. The predicted octanol–water partition coefficient (Wildman–Crippen LogP) is 3.24. The Morgan fingerprint density at radius 2 is 2.20 bits per heavy atom. The van der Waals surface area contributed by atoms with E-state index in [2.05, 4.69) is 26.2 Å². The summed E-state index contributed by atoms with van der Waals surface area (Å²) in [7, 11) is 0. The largest absolute Gasteiger partial charge is 0.374 e. The molecule has 1 aromatic heterocycles. The van der Waals surface area contributed by atoms with Gasteiger partial charge in [-0.3, -0.25) is 15.1 Å². The molecule has 0 fully saturated rings. The van der Waals surface area contributed by atoms with Crippen molar-refractivity contribution in [3.05, 3.63) is 62.4 Å². The van der Waals surface area contributed by atoms with Gasteiger partial charge < -0.3 is 5.32 Å². The lowest BCUT2D eigenvalue weighted by Gasteiger charge is -2.07. The Morgan fingerprint density at radius 3 is 2.80 bits per heavy atom. The molecule has 0 saturated heterocycles. The topological polar surface area (TPSA) is 91.8 Å². The molecule has 1 aromatic carbocycles. The van der Waals surface area contributed by atoms with Crippen LogP contribution in [0.2, 0.25) is 0 Å². The Bertz CT molecular complexity index is 680. The molecule has 0 saturated carbocycles. The van der Waals surface area contributed by atoms with E-state index in [-0.39, 0.29) is 11.3 Å². The van der Waals surface area contributed by atoms with Crippen molar-refractivity contribution in [3.8, 4) is 6.07 Å². The van der Waals surface area contributed by atoms with Gasteiger partial charge in [0.25, 0.3) is 5.69 Å². The Morgan fingerprint density at radius 1 is 1.40 bits per heavy atom. The second-order valence-corrected chi connectivity index (χ2v) is 4.84. The van der Waals surface area contributed by atoms with Gasteiger partial charge in [-0.15, -0.1) is 0 Å². The highest BCUT2D eigenvalue weighted by Crippen LogP contribution is 2.25. The molecule has 0 unspecified atom stereocenters. The Kier molecular flexibility index (Phi) is 4.27. The fraction of sp³-hybridized carbons (Fsp3) is 0.0769. The van der Waals surface area contributed by atoms with E-state index in [1.54, 1.807) is 6.20 Å². The molecule has 0 aliphatic rings. The summed E-state index contributed by atoms with van der Waals surface area (Å²) in [5.41, 5.74) is 1.25. The molecule has 0 aliphatic heterocycles. The van der Waals surface area contributed by atoms with Gasteiger partial charge in [0, 0.05) is 16.7 Å². The number of anilines is 1. The number of aromatic nitrogens is 1. The highest BCUT2D eigenvalue weighted by molar-refractivity contribution is 9.10. The van der Waals surface area contributed by atoms with Crippen LogP contribution in [0.4, 0.5) is 11.4 Å². The zero-order chi connectivity index (χ0) is 14.5. The van der Waals surface area contributed by atoms with Gasteiger partial charge in [-0.2, -0.15) is 5.26 Å². The summed E-state index contributed by atoms with van der Waals surface area (Å²) in [6.45, 7) is 0.361. The number of hydrogen-bond donors (Lipinski definition) is 1. The Balaban J connectivity index is 2.19. The third kappa shape index (κ3) is 3.30. The minimum absolute atomic E-state index is 0.124. The summed E-state index contributed by atoms with van der Waals surface area (Å²) in [5, 5.41) is 22.7. The first kappa shape index (κ1) is 14.0. The van der Waals surface area contributed by atoms with Gasteiger partial charge in [0.05, 0.1) is 28.8 Å². The van der Waals surface area contributed by atoms with E-state index in [1.165, 1.54) is 18.2 Å². The minimum Gasteiger partial charge on any atom is -0.374 e. The Labute approximate surface area is 123 Å². The SMILES string of the molecule is N#Cc1ccc(NCc2ccc(Br)cn2)c([N+](=O)[O-])c1. The molecule has 2 rings (SSSR count). The molecule has 0 radical (unpaired) electrons. The molecule has 1 heterocycles. The first-order valence-corrected chi connectivity index (χ1v) is 6.42. The molecule has 6 nitrogen and oxygen atoms in total. The van der Waals surface area contributed by atoms with Crippen LogP contribution < -0.4 is 5.32 Å². The van der Waals surface area contributed by atoms with Crippen LogP contribution in [0.5, 0.6) is 0 Å². The molecule has 20 heavy (non-hydrogen) atoms. The van der Waals surface area contributed by atoms with E-state index < -0.39 is 4.92 Å². The average Bonchev–Trinajstić information content (AvgIpc) is 2.46. The van der Waals surface area contributed by atoms with Crippen LogP contribution >= 0.6 is 15.9 Å². The summed E-state index contributed by atoms with van der Waals surface area (Å²) < 4.78 is 0.866. The quantitative estimate of drug-likeness (QED) is 0.685. The van der Waals surface area contributed by atoms with E-state index in [0.29, 0.717) is 12.2 Å². The van der Waals surface area contributed by atoms with Crippen LogP contribution in [-0.4, -0.2) is 9.91 Å². The Hall–Kier alpha value is -2.46. The maximum absolute atomic E-state index is 11.0. The van der Waals surface area contributed by atoms with Gasteiger partial charge in [-0.25, -0.2) is 0 Å². The van der Waals surface area contributed by atoms with Crippen molar-refractivity contribution in [3.63, 3.8) is 0 Å². The smallest absolute Gasteiger partial charge is 0.293 e. The van der Waals surface area contributed by atoms with Gasteiger partial charge in [-0.05, 0) is 40.2 Å². The monoisotopic (exact) mass is 332 g/mol. The second-order valence-electron chi connectivity index (χ2n) is 3.92. The lowest BCUT2D eigenvalue weighted by Crippen LogP contribution is -2.04. The van der Waals surface area contributed by atoms with Gasteiger partial charge in [0.2, 0.25) is 0 Å². The number of pyridine rings is 1. The molecule has 0 spiro atoms. The normalized spacial score (nSPS) is 9.80. The zero-order valence-electron chi connectivity index (χ0n) is 10.2. The fourth-order valence-electron chi connectivity index (χ4n) is 1.60. The third-order valence-corrected chi connectivity index (χ3v) is 3.04. The zero-order valence-corrected chi connectivity index (χ0v) is 11.8. The number of hydrogen-bond acceptors (Lipinski definition) is 5. The molecule has 7 heteroatoms.